The molecule has 0 aliphatic heterocycles. The first-order valence-electron chi connectivity index (χ1n) is 7.91. The average molecular weight is 335 g/mol. The van der Waals surface area contributed by atoms with Crippen molar-refractivity contribution in [3.05, 3.63) is 12.5 Å². The van der Waals surface area contributed by atoms with Gasteiger partial charge in [-0.1, -0.05) is 39.5 Å². The van der Waals surface area contributed by atoms with E-state index in [-0.39, 0.29) is 5.91 Å². The standard InChI is InChI=1S/C16H25N5OS/c1-11(2)7-21(8-12(3)4)14(22)9-23-16-13-6-19-20(5)15(13)17-10-18-16/h6,10-12H,7-9H2,1-5H3. The molecule has 0 fully saturated rings. The van der Waals surface area contributed by atoms with Crippen LogP contribution in [0.1, 0.15) is 27.7 Å². The summed E-state index contributed by atoms with van der Waals surface area (Å²) in [6, 6.07) is 0. The monoisotopic (exact) mass is 335 g/mol. The van der Waals surface area contributed by atoms with E-state index < -0.39 is 0 Å². The Morgan fingerprint density at radius 1 is 1.22 bits per heavy atom. The first-order valence-corrected chi connectivity index (χ1v) is 8.90. The molecular formula is C16H25N5OS. The minimum absolute atomic E-state index is 0.160. The van der Waals surface area contributed by atoms with Gasteiger partial charge in [0.25, 0.3) is 0 Å². The van der Waals surface area contributed by atoms with Gasteiger partial charge in [0.1, 0.15) is 11.4 Å². The normalized spacial score (nSPS) is 11.6. The average Bonchev–Trinajstić information content (AvgIpc) is 2.85. The van der Waals surface area contributed by atoms with Gasteiger partial charge in [0.15, 0.2) is 5.65 Å². The van der Waals surface area contributed by atoms with Crippen molar-refractivity contribution >= 4 is 28.7 Å². The third-order valence-corrected chi connectivity index (χ3v) is 4.34. The Labute approximate surface area is 141 Å². The maximum atomic E-state index is 12.6. The third kappa shape index (κ3) is 4.67. The number of carbonyl (C=O) groups is 1. The third-order valence-electron chi connectivity index (χ3n) is 3.35. The van der Waals surface area contributed by atoms with E-state index in [4.69, 9.17) is 0 Å². The summed E-state index contributed by atoms with van der Waals surface area (Å²) in [6.45, 7) is 10.1. The largest absolute Gasteiger partial charge is 0.341 e. The van der Waals surface area contributed by atoms with Crippen molar-refractivity contribution in [3.8, 4) is 0 Å². The molecule has 0 aromatic carbocycles. The van der Waals surface area contributed by atoms with Gasteiger partial charge in [-0.05, 0) is 11.8 Å². The number of nitrogens with zero attached hydrogens (tertiary/aromatic N) is 5. The Bertz CT molecular complexity index is 658. The van der Waals surface area contributed by atoms with E-state index in [0.29, 0.717) is 17.6 Å². The number of fused-ring (bicyclic) bond motifs is 1. The van der Waals surface area contributed by atoms with E-state index in [2.05, 4.69) is 42.8 Å². The molecule has 0 bridgehead atoms. The second kappa shape index (κ2) is 7.77. The van der Waals surface area contributed by atoms with Crippen LogP contribution >= 0.6 is 11.8 Å². The minimum atomic E-state index is 0.160. The van der Waals surface area contributed by atoms with Crippen LogP contribution in [0.15, 0.2) is 17.6 Å². The molecule has 1 amide bonds. The SMILES string of the molecule is CC(C)CN(CC(C)C)C(=O)CSc1ncnc2c1cnn2C. The Hall–Kier alpha value is -1.63. The van der Waals surface area contributed by atoms with E-state index in [9.17, 15) is 4.79 Å². The van der Waals surface area contributed by atoms with Gasteiger partial charge in [-0.2, -0.15) is 5.10 Å². The summed E-state index contributed by atoms with van der Waals surface area (Å²) in [5.41, 5.74) is 0.788. The fourth-order valence-electron chi connectivity index (χ4n) is 2.44. The van der Waals surface area contributed by atoms with Gasteiger partial charge >= 0.3 is 0 Å². The van der Waals surface area contributed by atoms with Gasteiger partial charge in [-0.15, -0.1) is 0 Å². The second-order valence-electron chi connectivity index (χ2n) is 6.56. The Kier molecular flexibility index (Phi) is 5.98. The molecule has 0 unspecified atom stereocenters. The minimum Gasteiger partial charge on any atom is -0.341 e. The molecule has 0 aliphatic carbocycles. The Balaban J connectivity index is 2.06. The summed E-state index contributed by atoms with van der Waals surface area (Å²) in [5, 5.41) is 5.91. The Morgan fingerprint density at radius 2 is 1.87 bits per heavy atom. The molecule has 0 spiro atoms. The molecule has 0 N–H and O–H groups in total. The quantitative estimate of drug-likeness (QED) is 0.575. The maximum absolute atomic E-state index is 12.6. The molecule has 23 heavy (non-hydrogen) atoms. The second-order valence-corrected chi connectivity index (χ2v) is 7.52. The van der Waals surface area contributed by atoms with Crippen molar-refractivity contribution in [2.24, 2.45) is 18.9 Å². The highest BCUT2D eigenvalue weighted by Crippen LogP contribution is 2.24. The van der Waals surface area contributed by atoms with Crippen LogP contribution in [0, 0.1) is 11.8 Å². The lowest BCUT2D eigenvalue weighted by Crippen LogP contribution is -2.38. The van der Waals surface area contributed by atoms with Gasteiger partial charge in [-0.3, -0.25) is 9.48 Å². The predicted octanol–water partition coefficient (Wildman–Crippen LogP) is 2.60. The number of amides is 1. The van der Waals surface area contributed by atoms with Crippen molar-refractivity contribution in [2.75, 3.05) is 18.8 Å². The van der Waals surface area contributed by atoms with Gasteiger partial charge in [0.2, 0.25) is 5.91 Å². The Morgan fingerprint density at radius 3 is 2.48 bits per heavy atom. The maximum Gasteiger partial charge on any atom is 0.233 e. The van der Waals surface area contributed by atoms with Crippen LogP contribution in [-0.2, 0) is 11.8 Å². The molecular weight excluding hydrogens is 310 g/mol. The molecule has 2 aromatic rings. The summed E-state index contributed by atoms with van der Waals surface area (Å²) < 4.78 is 1.72. The number of aromatic nitrogens is 4. The van der Waals surface area contributed by atoms with Gasteiger partial charge in [0.05, 0.1) is 17.3 Å². The van der Waals surface area contributed by atoms with E-state index in [1.807, 2.05) is 11.9 Å². The fraction of sp³-hybridized carbons (Fsp3) is 0.625. The van der Waals surface area contributed by atoms with Crippen LogP contribution in [0.4, 0.5) is 0 Å². The first kappa shape index (κ1) is 17.7. The smallest absolute Gasteiger partial charge is 0.233 e. The van der Waals surface area contributed by atoms with Crippen molar-refractivity contribution in [3.63, 3.8) is 0 Å². The number of hydrogen-bond donors (Lipinski definition) is 0. The molecule has 0 atom stereocenters. The summed E-state index contributed by atoms with van der Waals surface area (Å²) in [6.07, 6.45) is 3.28. The molecule has 0 saturated carbocycles. The molecule has 0 aliphatic rings. The zero-order valence-electron chi connectivity index (χ0n) is 14.5. The number of thioether (sulfide) groups is 1. The van der Waals surface area contributed by atoms with Crippen LogP contribution in [0.3, 0.4) is 0 Å². The van der Waals surface area contributed by atoms with Crippen LogP contribution in [0.2, 0.25) is 0 Å². The van der Waals surface area contributed by atoms with Gasteiger partial charge < -0.3 is 4.90 Å². The number of carbonyl (C=O) groups excluding carboxylic acids is 1. The predicted molar refractivity (Wildman–Crippen MR) is 93.3 cm³/mol. The first-order chi connectivity index (χ1) is 10.9. The zero-order valence-corrected chi connectivity index (χ0v) is 15.3. The zero-order chi connectivity index (χ0) is 17.0. The van der Waals surface area contributed by atoms with Gasteiger partial charge in [-0.25, -0.2) is 9.97 Å². The topological polar surface area (TPSA) is 63.9 Å². The molecule has 0 saturated heterocycles. The summed E-state index contributed by atoms with van der Waals surface area (Å²) >= 11 is 1.46. The van der Waals surface area contributed by atoms with Crippen LogP contribution < -0.4 is 0 Å². The highest BCUT2D eigenvalue weighted by Gasteiger charge is 2.18. The van der Waals surface area contributed by atoms with E-state index >= 15 is 0 Å². The van der Waals surface area contributed by atoms with Crippen LogP contribution in [-0.4, -0.2) is 49.4 Å². The fourth-order valence-corrected chi connectivity index (χ4v) is 3.30. The number of aryl methyl sites for hydroxylation is 1. The summed E-state index contributed by atoms with van der Waals surface area (Å²) in [7, 11) is 1.85. The van der Waals surface area contributed by atoms with Gasteiger partial charge in [0, 0.05) is 20.1 Å². The molecule has 2 rings (SSSR count). The van der Waals surface area contributed by atoms with Crippen molar-refractivity contribution < 1.29 is 4.79 Å². The number of rotatable bonds is 7. The van der Waals surface area contributed by atoms with E-state index in [1.165, 1.54) is 18.1 Å². The number of hydrogen-bond acceptors (Lipinski definition) is 5. The van der Waals surface area contributed by atoms with Crippen LogP contribution in [0.5, 0.6) is 0 Å². The van der Waals surface area contributed by atoms with Crippen molar-refractivity contribution in [1.82, 2.24) is 24.6 Å². The van der Waals surface area contributed by atoms with E-state index in [0.717, 1.165) is 29.1 Å². The lowest BCUT2D eigenvalue weighted by Gasteiger charge is -2.26. The van der Waals surface area contributed by atoms with Crippen molar-refractivity contribution in [1.29, 1.82) is 0 Å². The van der Waals surface area contributed by atoms with Crippen LogP contribution in [0.25, 0.3) is 11.0 Å². The molecule has 2 aromatic heterocycles. The molecule has 126 valence electrons. The molecule has 2 heterocycles. The summed E-state index contributed by atoms with van der Waals surface area (Å²) in [5.74, 6) is 1.48. The lowest BCUT2D eigenvalue weighted by atomic mass is 10.1. The van der Waals surface area contributed by atoms with E-state index in [1.54, 1.807) is 10.9 Å². The summed E-state index contributed by atoms with van der Waals surface area (Å²) in [4.78, 5) is 23.1. The van der Waals surface area contributed by atoms with Crippen molar-refractivity contribution in [2.45, 2.75) is 32.7 Å². The molecule has 6 nitrogen and oxygen atoms in total. The molecule has 7 heteroatoms. The lowest BCUT2D eigenvalue weighted by molar-refractivity contribution is -0.129. The highest BCUT2D eigenvalue weighted by molar-refractivity contribution is 8.00. The highest BCUT2D eigenvalue weighted by atomic mass is 32.2. The molecule has 0 radical (unpaired) electrons.